The molecule has 0 amide bonds. The number of hydrogen-bond donors (Lipinski definition) is 0. The molecule has 24 heavy (non-hydrogen) atoms. The van der Waals surface area contributed by atoms with E-state index in [0.717, 1.165) is 44.2 Å². The molecule has 2 rings (SSSR count). The average molecular weight is 328 g/mol. The molecule has 0 radical (unpaired) electrons. The number of nitriles is 1. The highest BCUT2D eigenvalue weighted by Gasteiger charge is 2.17. The van der Waals surface area contributed by atoms with Gasteiger partial charge in [0.25, 0.3) is 0 Å². The van der Waals surface area contributed by atoms with Crippen LogP contribution in [0, 0.1) is 23.1 Å². The third-order valence-electron chi connectivity index (χ3n) is 4.23. The first-order valence-electron chi connectivity index (χ1n) is 8.76. The van der Waals surface area contributed by atoms with Gasteiger partial charge in [-0.3, -0.25) is 0 Å². The van der Waals surface area contributed by atoms with Crippen molar-refractivity contribution in [1.29, 1.82) is 5.26 Å². The summed E-state index contributed by atoms with van der Waals surface area (Å²) in [5.41, 5.74) is 1.89. The molecule has 1 aromatic rings. The fourth-order valence-corrected chi connectivity index (χ4v) is 2.98. The third-order valence-corrected chi connectivity index (χ3v) is 4.23. The summed E-state index contributed by atoms with van der Waals surface area (Å²) >= 11 is 0. The van der Waals surface area contributed by atoms with Gasteiger partial charge in [-0.2, -0.15) is 5.26 Å². The quantitative estimate of drug-likeness (QED) is 0.663. The maximum absolute atomic E-state index is 13.9. The fraction of sp³-hybridized carbons (Fsp3) is 0.500. The molecule has 1 heterocycles. The summed E-state index contributed by atoms with van der Waals surface area (Å²) in [6, 6.07) is 6.38. The Morgan fingerprint density at radius 1 is 1.29 bits per heavy atom. The minimum Gasteiger partial charge on any atom is -0.476 e. The first-order chi connectivity index (χ1) is 11.7. The normalized spacial score (nSPS) is 14.1. The number of allylic oxidation sites excluding steroid dienone is 2. The number of hydrogen-bond acceptors (Lipinski definition) is 3. The molecule has 0 atom stereocenters. The topological polar surface area (TPSA) is 45.4 Å². The minimum atomic E-state index is -0.406. The molecule has 0 unspecified atom stereocenters. The van der Waals surface area contributed by atoms with Gasteiger partial charge >= 0.3 is 0 Å². The van der Waals surface area contributed by atoms with Crippen molar-refractivity contribution in [2.45, 2.75) is 59.0 Å². The standard InChI is InChI=1S/C20H25FN2O/c1-3-6-16(7-4-2)19-8-5-9-20(23-19)24-14-17-11-10-15(13-22)12-18(17)21/h8,10-12,16H,3-7,9,14H2,1-2H3. The molecule has 0 aliphatic carbocycles. The van der Waals surface area contributed by atoms with Crippen LogP contribution in [-0.4, -0.2) is 5.90 Å². The van der Waals surface area contributed by atoms with E-state index in [-0.39, 0.29) is 6.61 Å². The second-order valence-corrected chi connectivity index (χ2v) is 6.15. The van der Waals surface area contributed by atoms with Gasteiger partial charge in [-0.15, -0.1) is 0 Å². The highest BCUT2D eigenvalue weighted by atomic mass is 19.1. The molecule has 0 saturated heterocycles. The van der Waals surface area contributed by atoms with Crippen LogP contribution >= 0.6 is 0 Å². The molecule has 1 aromatic carbocycles. The van der Waals surface area contributed by atoms with Gasteiger partial charge < -0.3 is 4.74 Å². The van der Waals surface area contributed by atoms with E-state index in [1.165, 1.54) is 6.07 Å². The molecular formula is C20H25FN2O. The first kappa shape index (κ1) is 18.2. The molecule has 0 fully saturated rings. The van der Waals surface area contributed by atoms with Crippen molar-refractivity contribution >= 4 is 5.90 Å². The monoisotopic (exact) mass is 328 g/mol. The fourth-order valence-electron chi connectivity index (χ4n) is 2.98. The maximum atomic E-state index is 13.9. The summed E-state index contributed by atoms with van der Waals surface area (Å²) in [5.74, 6) is 0.773. The number of halogens is 1. The Hall–Kier alpha value is -2.15. The lowest BCUT2D eigenvalue weighted by Gasteiger charge is -2.21. The Labute approximate surface area is 143 Å². The van der Waals surface area contributed by atoms with E-state index in [1.54, 1.807) is 12.1 Å². The van der Waals surface area contributed by atoms with Gasteiger partial charge in [0.05, 0.1) is 11.6 Å². The lowest BCUT2D eigenvalue weighted by atomic mass is 9.93. The Morgan fingerprint density at radius 2 is 2.04 bits per heavy atom. The van der Waals surface area contributed by atoms with Gasteiger partial charge in [0.1, 0.15) is 12.4 Å². The number of ether oxygens (including phenoxy) is 1. The molecular weight excluding hydrogens is 303 g/mol. The summed E-state index contributed by atoms with van der Waals surface area (Å²) in [7, 11) is 0. The smallest absolute Gasteiger partial charge is 0.188 e. The molecule has 128 valence electrons. The van der Waals surface area contributed by atoms with Crippen LogP contribution < -0.4 is 0 Å². The van der Waals surface area contributed by atoms with E-state index in [2.05, 4.69) is 24.9 Å². The van der Waals surface area contributed by atoms with Crippen LogP contribution in [0.2, 0.25) is 0 Å². The van der Waals surface area contributed by atoms with Crippen LogP contribution in [0.5, 0.6) is 0 Å². The molecule has 0 aromatic heterocycles. The van der Waals surface area contributed by atoms with Crippen LogP contribution in [0.25, 0.3) is 0 Å². The molecule has 4 heteroatoms. The molecule has 0 spiro atoms. The maximum Gasteiger partial charge on any atom is 0.188 e. The van der Waals surface area contributed by atoms with Crippen molar-refractivity contribution in [1.82, 2.24) is 0 Å². The predicted molar refractivity (Wildman–Crippen MR) is 94.0 cm³/mol. The SMILES string of the molecule is CCCC(CCC)C1=CCCC(OCc2ccc(C#N)cc2F)=N1. The summed E-state index contributed by atoms with van der Waals surface area (Å²) in [6.07, 6.45) is 8.46. The van der Waals surface area contributed by atoms with Crippen molar-refractivity contribution in [3.8, 4) is 6.07 Å². The summed E-state index contributed by atoms with van der Waals surface area (Å²) < 4.78 is 19.7. The number of aliphatic imine (C=N–C) groups is 1. The summed E-state index contributed by atoms with van der Waals surface area (Å²) in [4.78, 5) is 4.68. The molecule has 3 nitrogen and oxygen atoms in total. The Bertz CT molecular complexity index is 652. The molecule has 1 aliphatic rings. The van der Waals surface area contributed by atoms with Gasteiger partial charge in [-0.05, 0) is 31.4 Å². The molecule has 0 bridgehead atoms. The van der Waals surface area contributed by atoms with Crippen LogP contribution in [0.1, 0.15) is 63.5 Å². The zero-order valence-electron chi connectivity index (χ0n) is 14.5. The van der Waals surface area contributed by atoms with E-state index in [0.29, 0.717) is 22.9 Å². The van der Waals surface area contributed by atoms with E-state index < -0.39 is 5.82 Å². The Kier molecular flexibility index (Phi) is 6.99. The highest BCUT2D eigenvalue weighted by Crippen LogP contribution is 2.27. The van der Waals surface area contributed by atoms with E-state index in [1.807, 2.05) is 6.07 Å². The van der Waals surface area contributed by atoms with Crippen molar-refractivity contribution < 1.29 is 9.13 Å². The zero-order chi connectivity index (χ0) is 17.4. The van der Waals surface area contributed by atoms with Crippen LogP contribution in [0.3, 0.4) is 0 Å². The summed E-state index contributed by atoms with van der Waals surface area (Å²) in [5, 5.41) is 8.78. The van der Waals surface area contributed by atoms with E-state index in [9.17, 15) is 4.39 Å². The van der Waals surface area contributed by atoms with Gasteiger partial charge in [0.15, 0.2) is 5.90 Å². The second-order valence-electron chi connectivity index (χ2n) is 6.15. The number of rotatable bonds is 7. The first-order valence-corrected chi connectivity index (χ1v) is 8.76. The second kappa shape index (κ2) is 9.22. The van der Waals surface area contributed by atoms with Crippen molar-refractivity contribution in [2.24, 2.45) is 10.9 Å². The third kappa shape index (κ3) is 4.92. The number of nitrogens with zero attached hydrogens (tertiary/aromatic N) is 2. The van der Waals surface area contributed by atoms with Crippen LogP contribution in [-0.2, 0) is 11.3 Å². The van der Waals surface area contributed by atoms with Crippen LogP contribution in [0.15, 0.2) is 35.0 Å². The largest absolute Gasteiger partial charge is 0.476 e. The van der Waals surface area contributed by atoms with E-state index >= 15 is 0 Å². The van der Waals surface area contributed by atoms with Gasteiger partial charge in [-0.1, -0.05) is 38.8 Å². The minimum absolute atomic E-state index is 0.149. The van der Waals surface area contributed by atoms with Crippen molar-refractivity contribution in [3.63, 3.8) is 0 Å². The van der Waals surface area contributed by atoms with Gasteiger partial charge in [0.2, 0.25) is 0 Å². The Balaban J connectivity index is 2.02. The number of benzene rings is 1. The Morgan fingerprint density at radius 3 is 2.67 bits per heavy atom. The lowest BCUT2D eigenvalue weighted by molar-refractivity contribution is 0.275. The average Bonchev–Trinajstić information content (AvgIpc) is 2.60. The predicted octanol–water partition coefficient (Wildman–Crippen LogP) is 5.51. The zero-order valence-corrected chi connectivity index (χ0v) is 14.5. The lowest BCUT2D eigenvalue weighted by Crippen LogP contribution is -2.13. The molecule has 0 saturated carbocycles. The van der Waals surface area contributed by atoms with Gasteiger partial charge in [0, 0.05) is 23.6 Å². The van der Waals surface area contributed by atoms with Crippen molar-refractivity contribution in [3.05, 3.63) is 46.9 Å². The van der Waals surface area contributed by atoms with Crippen LogP contribution in [0.4, 0.5) is 4.39 Å². The molecule has 0 N–H and O–H groups in total. The summed E-state index contributed by atoms with van der Waals surface area (Å²) in [6.45, 7) is 4.54. The van der Waals surface area contributed by atoms with E-state index in [4.69, 9.17) is 10.00 Å². The molecule has 1 aliphatic heterocycles. The van der Waals surface area contributed by atoms with Gasteiger partial charge in [-0.25, -0.2) is 9.38 Å². The highest BCUT2D eigenvalue weighted by molar-refractivity contribution is 5.78. The van der Waals surface area contributed by atoms with Crippen molar-refractivity contribution in [2.75, 3.05) is 0 Å².